The molecule has 1 aromatic rings. The number of hydrogen-bond acceptors (Lipinski definition) is 6. The van der Waals surface area contributed by atoms with Crippen molar-refractivity contribution in [3.8, 4) is 0 Å². The number of hydrogen-bond donors (Lipinski definition) is 4. The molecule has 1 aliphatic rings. The molecule has 1 aromatic heterocycles. The molecule has 0 amide bonds. The first-order chi connectivity index (χ1) is 9.49. The van der Waals surface area contributed by atoms with Gasteiger partial charge in [0.25, 0.3) is 5.56 Å². The van der Waals surface area contributed by atoms with E-state index in [1.54, 1.807) is 4.08 Å². The number of H-pyrrole nitrogens is 1. The summed E-state index contributed by atoms with van der Waals surface area (Å²) in [5, 5.41) is 28.6. The molecule has 0 aliphatic carbocycles. The first-order valence-corrected chi connectivity index (χ1v) is 6.99. The fraction of sp³-hybridized carbons (Fsp3) is 0.455. The molecule has 1 fully saturated rings. The van der Waals surface area contributed by atoms with Crippen LogP contribution in [-0.2, 0) is 4.74 Å². The molecule has 0 radical (unpaired) electrons. The normalized spacial score (nSPS) is 30.2. The summed E-state index contributed by atoms with van der Waals surface area (Å²) in [7, 11) is 0. The van der Waals surface area contributed by atoms with Crippen LogP contribution in [0.25, 0.3) is 6.08 Å². The SMILES string of the molecule is O=c1[nH]c(=O)n([C@H]2O[C@H](CO)[C@@H](O)[C@@H]2O)cc1C=CI. The highest BCUT2D eigenvalue weighted by molar-refractivity contribution is 14.1. The highest BCUT2D eigenvalue weighted by Gasteiger charge is 2.43. The van der Waals surface area contributed by atoms with Crippen molar-refractivity contribution < 1.29 is 20.1 Å². The van der Waals surface area contributed by atoms with Crippen molar-refractivity contribution in [2.24, 2.45) is 0 Å². The van der Waals surface area contributed by atoms with Crippen LogP contribution in [0.2, 0.25) is 0 Å². The average Bonchev–Trinajstić information content (AvgIpc) is 2.70. The van der Waals surface area contributed by atoms with Gasteiger partial charge in [-0.15, -0.1) is 0 Å². The van der Waals surface area contributed by atoms with Gasteiger partial charge in [-0.2, -0.15) is 0 Å². The molecule has 9 heteroatoms. The molecule has 0 saturated carbocycles. The second-order valence-corrected chi connectivity index (χ2v) is 4.99. The van der Waals surface area contributed by atoms with E-state index in [-0.39, 0.29) is 5.56 Å². The van der Waals surface area contributed by atoms with Gasteiger partial charge in [-0.25, -0.2) is 4.79 Å². The lowest BCUT2D eigenvalue weighted by Gasteiger charge is -2.17. The molecule has 2 heterocycles. The van der Waals surface area contributed by atoms with E-state index in [0.29, 0.717) is 0 Å². The summed E-state index contributed by atoms with van der Waals surface area (Å²) in [5.74, 6) is 0. The lowest BCUT2D eigenvalue weighted by Crippen LogP contribution is -2.38. The number of aromatic amines is 1. The van der Waals surface area contributed by atoms with Crippen molar-refractivity contribution in [1.82, 2.24) is 9.55 Å². The highest BCUT2D eigenvalue weighted by atomic mass is 127. The van der Waals surface area contributed by atoms with E-state index in [2.05, 4.69) is 4.98 Å². The summed E-state index contributed by atoms with van der Waals surface area (Å²) >= 11 is 1.92. The zero-order valence-corrected chi connectivity index (χ0v) is 12.3. The van der Waals surface area contributed by atoms with E-state index < -0.39 is 42.4 Å². The molecular weight excluding hydrogens is 383 g/mol. The summed E-state index contributed by atoms with van der Waals surface area (Å²) in [5.41, 5.74) is -1.13. The van der Waals surface area contributed by atoms with Crippen LogP contribution < -0.4 is 11.2 Å². The third-order valence-corrected chi connectivity index (χ3v) is 3.39. The van der Waals surface area contributed by atoms with Crippen molar-refractivity contribution in [1.29, 1.82) is 0 Å². The number of aromatic nitrogens is 2. The van der Waals surface area contributed by atoms with Crippen LogP contribution in [0, 0.1) is 0 Å². The summed E-state index contributed by atoms with van der Waals surface area (Å²) in [6.45, 7) is -0.493. The Morgan fingerprint density at radius 2 is 2.10 bits per heavy atom. The molecule has 0 spiro atoms. The van der Waals surface area contributed by atoms with Crippen molar-refractivity contribution in [2.75, 3.05) is 6.61 Å². The Bertz CT molecular complexity index is 624. The molecule has 4 atom stereocenters. The molecule has 8 nitrogen and oxygen atoms in total. The molecule has 0 bridgehead atoms. The zero-order valence-electron chi connectivity index (χ0n) is 10.1. The minimum atomic E-state index is -1.38. The molecule has 1 saturated heterocycles. The Morgan fingerprint density at radius 3 is 2.65 bits per heavy atom. The minimum Gasteiger partial charge on any atom is -0.394 e. The summed E-state index contributed by atoms with van der Waals surface area (Å²) in [6.07, 6.45) is -2.14. The first-order valence-electron chi connectivity index (χ1n) is 5.74. The predicted octanol–water partition coefficient (Wildman–Crippen LogP) is -1.45. The Hall–Kier alpha value is -1.01. The summed E-state index contributed by atoms with van der Waals surface area (Å²) < 4.78 is 7.81. The van der Waals surface area contributed by atoms with E-state index in [4.69, 9.17) is 9.84 Å². The fourth-order valence-corrected chi connectivity index (χ4v) is 2.37. The van der Waals surface area contributed by atoms with Gasteiger partial charge in [0, 0.05) is 6.20 Å². The van der Waals surface area contributed by atoms with Crippen LogP contribution in [0.3, 0.4) is 0 Å². The van der Waals surface area contributed by atoms with Gasteiger partial charge >= 0.3 is 5.69 Å². The van der Waals surface area contributed by atoms with E-state index in [1.165, 1.54) is 12.3 Å². The van der Waals surface area contributed by atoms with E-state index >= 15 is 0 Å². The number of halogens is 1. The topological polar surface area (TPSA) is 125 Å². The minimum absolute atomic E-state index is 0.205. The molecule has 0 unspecified atom stereocenters. The standard InChI is InChI=1S/C11H13IN2O6/c12-2-1-5-3-14(11(19)13-9(5)18)10-8(17)7(16)6(4-15)20-10/h1-3,6-8,10,15-17H,4H2,(H,13,18,19)/t6-,7-,8+,10+/m1/s1. The third-order valence-electron chi connectivity index (χ3n) is 3.03. The number of aliphatic hydroxyl groups excluding tert-OH is 3. The Labute approximate surface area is 126 Å². The predicted molar refractivity (Wildman–Crippen MR) is 77.4 cm³/mol. The molecule has 1 aliphatic heterocycles. The number of aliphatic hydroxyl groups is 3. The van der Waals surface area contributed by atoms with Crippen molar-refractivity contribution >= 4 is 28.7 Å². The van der Waals surface area contributed by atoms with Crippen LogP contribution in [0.15, 0.2) is 19.9 Å². The lowest BCUT2D eigenvalue weighted by molar-refractivity contribution is -0.0550. The Kier molecular flexibility index (Phi) is 4.75. The molecule has 20 heavy (non-hydrogen) atoms. The average molecular weight is 396 g/mol. The van der Waals surface area contributed by atoms with Gasteiger partial charge in [0.2, 0.25) is 0 Å². The number of nitrogens with zero attached hydrogens (tertiary/aromatic N) is 1. The van der Waals surface area contributed by atoms with Crippen molar-refractivity contribution in [2.45, 2.75) is 24.5 Å². The van der Waals surface area contributed by atoms with Gasteiger partial charge in [-0.1, -0.05) is 22.6 Å². The quantitative estimate of drug-likeness (QED) is 0.464. The summed E-state index contributed by atoms with van der Waals surface area (Å²) in [6, 6.07) is 0. The van der Waals surface area contributed by atoms with Crippen LogP contribution >= 0.6 is 22.6 Å². The van der Waals surface area contributed by atoms with Gasteiger partial charge in [0.15, 0.2) is 6.23 Å². The van der Waals surface area contributed by atoms with Crippen molar-refractivity contribution in [3.05, 3.63) is 36.7 Å². The van der Waals surface area contributed by atoms with E-state index in [9.17, 15) is 19.8 Å². The molecule has 4 N–H and O–H groups in total. The monoisotopic (exact) mass is 396 g/mol. The number of rotatable bonds is 3. The van der Waals surface area contributed by atoms with Gasteiger partial charge in [-0.3, -0.25) is 14.3 Å². The van der Waals surface area contributed by atoms with Crippen LogP contribution in [0.4, 0.5) is 0 Å². The van der Waals surface area contributed by atoms with E-state index in [1.807, 2.05) is 22.6 Å². The smallest absolute Gasteiger partial charge is 0.330 e. The maximum atomic E-state index is 11.8. The maximum Gasteiger partial charge on any atom is 0.330 e. The first kappa shape index (κ1) is 15.4. The maximum absolute atomic E-state index is 11.8. The number of nitrogens with one attached hydrogen (secondary N) is 1. The Morgan fingerprint density at radius 1 is 1.40 bits per heavy atom. The van der Waals surface area contributed by atoms with Crippen LogP contribution in [0.1, 0.15) is 11.8 Å². The second kappa shape index (κ2) is 6.18. The highest BCUT2D eigenvalue weighted by Crippen LogP contribution is 2.27. The molecular formula is C11H13IN2O6. The largest absolute Gasteiger partial charge is 0.394 e. The lowest BCUT2D eigenvalue weighted by atomic mass is 10.1. The second-order valence-electron chi connectivity index (χ2n) is 4.27. The van der Waals surface area contributed by atoms with Crippen LogP contribution in [0.5, 0.6) is 0 Å². The van der Waals surface area contributed by atoms with Gasteiger partial charge in [0.1, 0.15) is 18.3 Å². The molecule has 110 valence electrons. The third kappa shape index (κ3) is 2.72. The van der Waals surface area contributed by atoms with Crippen molar-refractivity contribution in [3.63, 3.8) is 0 Å². The van der Waals surface area contributed by atoms with E-state index in [0.717, 1.165) is 4.57 Å². The van der Waals surface area contributed by atoms with Gasteiger partial charge in [0.05, 0.1) is 12.2 Å². The Balaban J connectivity index is 2.46. The molecule has 2 rings (SSSR count). The fourth-order valence-electron chi connectivity index (χ4n) is 1.99. The molecule has 0 aromatic carbocycles. The van der Waals surface area contributed by atoms with Gasteiger partial charge < -0.3 is 20.1 Å². The summed E-state index contributed by atoms with van der Waals surface area (Å²) in [4.78, 5) is 25.4. The zero-order chi connectivity index (χ0) is 14.9. The van der Waals surface area contributed by atoms with Gasteiger partial charge in [-0.05, 0) is 10.2 Å². The van der Waals surface area contributed by atoms with Crippen LogP contribution in [-0.4, -0.2) is 49.8 Å². The number of ether oxygens (including phenoxy) is 1.